The monoisotopic (exact) mass is 462 g/mol. The molecule has 156 valence electrons. The molecule has 0 saturated heterocycles. The Labute approximate surface area is 184 Å². The van der Waals surface area contributed by atoms with Gasteiger partial charge in [0.05, 0.1) is 21.0 Å². The first-order valence-corrected chi connectivity index (χ1v) is 11.8. The molecule has 0 aliphatic rings. The average Bonchev–Trinajstić information content (AvgIpc) is 2.99. The van der Waals surface area contributed by atoms with Crippen molar-refractivity contribution in [3.05, 3.63) is 52.5 Å². The molecule has 4 aromatic rings. The number of fused-ring (bicyclic) bond motifs is 2. The second-order valence-corrected chi connectivity index (χ2v) is 9.73. The normalized spacial score (nSPS) is 12.1. The molecule has 2 aromatic heterocycles. The summed E-state index contributed by atoms with van der Waals surface area (Å²) >= 11 is 12.3. The van der Waals surface area contributed by atoms with Gasteiger partial charge >= 0.3 is 0 Å². The van der Waals surface area contributed by atoms with Crippen LogP contribution in [0.15, 0.2) is 52.3 Å². The summed E-state index contributed by atoms with van der Waals surface area (Å²) in [6.45, 7) is 2.64. The number of para-hydroxylation sites is 2. The SMILES string of the molecule is CCCCCn1c(N)c(S(=O)(=O)c2cc(Cl)ccc2Cl)c2nc3ccccc3nc21. The number of rotatable bonds is 6. The lowest BCUT2D eigenvalue weighted by atomic mass is 10.2. The molecular formula is C21H20Cl2N4O2S. The molecule has 2 N–H and O–H groups in total. The first-order valence-electron chi connectivity index (χ1n) is 9.59. The fourth-order valence-corrected chi connectivity index (χ4v) is 5.76. The first kappa shape index (κ1) is 20.9. The third-order valence-corrected chi connectivity index (χ3v) is 7.52. The van der Waals surface area contributed by atoms with Gasteiger partial charge in [-0.2, -0.15) is 0 Å². The number of nitrogens with two attached hydrogens (primary N) is 1. The van der Waals surface area contributed by atoms with Crippen LogP contribution in [0.4, 0.5) is 5.82 Å². The van der Waals surface area contributed by atoms with Gasteiger partial charge in [0, 0.05) is 11.6 Å². The topological polar surface area (TPSA) is 90.9 Å². The average molecular weight is 463 g/mol. The summed E-state index contributed by atoms with van der Waals surface area (Å²) in [6.07, 6.45) is 2.86. The zero-order chi connectivity index (χ0) is 21.5. The molecule has 0 amide bonds. The summed E-state index contributed by atoms with van der Waals surface area (Å²) in [5.74, 6) is 0.104. The van der Waals surface area contributed by atoms with Crippen molar-refractivity contribution in [2.45, 2.75) is 42.5 Å². The summed E-state index contributed by atoms with van der Waals surface area (Å²) in [6, 6.07) is 11.6. The summed E-state index contributed by atoms with van der Waals surface area (Å²) in [5.41, 5.74) is 8.34. The minimum Gasteiger partial charge on any atom is -0.384 e. The van der Waals surface area contributed by atoms with Crippen LogP contribution in [0.1, 0.15) is 26.2 Å². The zero-order valence-corrected chi connectivity index (χ0v) is 18.6. The number of aromatic nitrogens is 3. The third kappa shape index (κ3) is 3.51. The van der Waals surface area contributed by atoms with Crippen molar-refractivity contribution in [2.75, 3.05) is 5.73 Å². The maximum Gasteiger partial charge on any atom is 0.213 e. The molecule has 0 fully saturated rings. The molecule has 4 rings (SSSR count). The molecule has 0 spiro atoms. The predicted octanol–water partition coefficient (Wildman–Crippen LogP) is 5.50. The third-order valence-electron chi connectivity index (χ3n) is 4.98. The Bertz CT molecular complexity index is 1370. The van der Waals surface area contributed by atoms with E-state index in [1.807, 2.05) is 18.2 Å². The molecule has 2 heterocycles. The van der Waals surface area contributed by atoms with Crippen LogP contribution in [-0.4, -0.2) is 23.0 Å². The lowest BCUT2D eigenvalue weighted by Crippen LogP contribution is -2.09. The number of hydrogen-bond acceptors (Lipinski definition) is 5. The second kappa shape index (κ2) is 8.06. The van der Waals surface area contributed by atoms with Gasteiger partial charge in [0.1, 0.15) is 16.2 Å². The Morgan fingerprint density at radius 3 is 2.43 bits per heavy atom. The van der Waals surface area contributed by atoms with Gasteiger partial charge in [0.2, 0.25) is 9.84 Å². The minimum atomic E-state index is -4.09. The Balaban J connectivity index is 2.04. The largest absolute Gasteiger partial charge is 0.384 e. The number of halogens is 2. The summed E-state index contributed by atoms with van der Waals surface area (Å²) < 4.78 is 29.0. The molecule has 0 aliphatic carbocycles. The van der Waals surface area contributed by atoms with Crippen molar-refractivity contribution in [1.82, 2.24) is 14.5 Å². The van der Waals surface area contributed by atoms with Crippen molar-refractivity contribution >= 4 is 61.1 Å². The van der Waals surface area contributed by atoms with Crippen molar-refractivity contribution < 1.29 is 8.42 Å². The van der Waals surface area contributed by atoms with E-state index in [0.29, 0.717) is 23.2 Å². The van der Waals surface area contributed by atoms with E-state index >= 15 is 0 Å². The Morgan fingerprint density at radius 1 is 1.03 bits per heavy atom. The Morgan fingerprint density at radius 2 is 1.73 bits per heavy atom. The van der Waals surface area contributed by atoms with Crippen LogP contribution in [0.3, 0.4) is 0 Å². The molecule has 0 bridgehead atoms. The van der Waals surface area contributed by atoms with Gasteiger partial charge in [0.25, 0.3) is 0 Å². The number of anilines is 1. The lowest BCUT2D eigenvalue weighted by Gasteiger charge is -2.09. The van der Waals surface area contributed by atoms with Crippen LogP contribution in [0.25, 0.3) is 22.2 Å². The van der Waals surface area contributed by atoms with E-state index in [0.717, 1.165) is 19.3 Å². The van der Waals surface area contributed by atoms with E-state index in [1.54, 1.807) is 10.6 Å². The minimum absolute atomic E-state index is 0.0689. The number of sulfone groups is 1. The number of benzene rings is 2. The molecule has 0 unspecified atom stereocenters. The van der Waals surface area contributed by atoms with Crippen molar-refractivity contribution in [3.8, 4) is 0 Å². The second-order valence-electron chi connectivity index (χ2n) is 7.04. The quantitative estimate of drug-likeness (QED) is 0.382. The zero-order valence-electron chi connectivity index (χ0n) is 16.3. The molecule has 2 aromatic carbocycles. The lowest BCUT2D eigenvalue weighted by molar-refractivity contribution is 0.594. The van der Waals surface area contributed by atoms with Gasteiger partial charge in [-0.05, 0) is 36.8 Å². The standard InChI is InChI=1S/C21H20Cl2N4O2S/c1-2-3-6-11-27-20(24)19(30(28,29)17-12-13(22)9-10-14(17)23)18-21(27)26-16-8-5-4-7-15(16)25-18/h4-5,7-10,12H,2-3,6,11,24H2,1H3. The van der Waals surface area contributed by atoms with E-state index in [-0.39, 0.29) is 31.2 Å². The van der Waals surface area contributed by atoms with Gasteiger partial charge in [-0.15, -0.1) is 0 Å². The van der Waals surface area contributed by atoms with Gasteiger partial charge < -0.3 is 10.3 Å². The Hall–Kier alpha value is -2.35. The van der Waals surface area contributed by atoms with Crippen molar-refractivity contribution in [1.29, 1.82) is 0 Å². The highest BCUT2D eigenvalue weighted by Crippen LogP contribution is 2.38. The van der Waals surface area contributed by atoms with E-state index in [4.69, 9.17) is 28.9 Å². The van der Waals surface area contributed by atoms with Gasteiger partial charge in [-0.25, -0.2) is 18.4 Å². The highest BCUT2D eigenvalue weighted by molar-refractivity contribution is 7.92. The van der Waals surface area contributed by atoms with E-state index in [1.165, 1.54) is 18.2 Å². The van der Waals surface area contributed by atoms with Crippen LogP contribution in [0.5, 0.6) is 0 Å². The number of aryl methyl sites for hydroxylation is 1. The molecule has 0 radical (unpaired) electrons. The highest BCUT2D eigenvalue weighted by Gasteiger charge is 2.31. The molecule has 0 atom stereocenters. The molecule has 0 aliphatic heterocycles. The van der Waals surface area contributed by atoms with Crippen molar-refractivity contribution in [2.24, 2.45) is 0 Å². The van der Waals surface area contributed by atoms with Crippen LogP contribution in [0, 0.1) is 0 Å². The van der Waals surface area contributed by atoms with Crippen LogP contribution in [0.2, 0.25) is 10.0 Å². The summed E-state index contributed by atoms with van der Waals surface area (Å²) in [5, 5.41) is 0.333. The predicted molar refractivity (Wildman–Crippen MR) is 121 cm³/mol. The van der Waals surface area contributed by atoms with E-state index in [2.05, 4.69) is 16.9 Å². The maximum absolute atomic E-state index is 13.6. The summed E-state index contributed by atoms with van der Waals surface area (Å²) in [4.78, 5) is 9.10. The highest BCUT2D eigenvalue weighted by atomic mass is 35.5. The number of nitrogens with zero attached hydrogens (tertiary/aromatic N) is 3. The van der Waals surface area contributed by atoms with E-state index < -0.39 is 9.84 Å². The molecule has 9 heteroatoms. The molecular weight excluding hydrogens is 443 g/mol. The number of nitrogen functional groups attached to an aromatic ring is 1. The van der Waals surface area contributed by atoms with Gasteiger partial charge in [-0.3, -0.25) is 0 Å². The van der Waals surface area contributed by atoms with Gasteiger partial charge in [0.15, 0.2) is 5.65 Å². The van der Waals surface area contributed by atoms with Crippen LogP contribution >= 0.6 is 23.2 Å². The number of unbranched alkanes of at least 4 members (excludes halogenated alkanes) is 2. The van der Waals surface area contributed by atoms with E-state index in [9.17, 15) is 8.42 Å². The Kier molecular flexibility index (Phi) is 5.61. The maximum atomic E-state index is 13.6. The molecule has 30 heavy (non-hydrogen) atoms. The van der Waals surface area contributed by atoms with Crippen molar-refractivity contribution in [3.63, 3.8) is 0 Å². The first-order chi connectivity index (χ1) is 14.3. The summed E-state index contributed by atoms with van der Waals surface area (Å²) in [7, 11) is -4.09. The van der Waals surface area contributed by atoms with Crippen LogP contribution in [-0.2, 0) is 16.4 Å². The molecule has 0 saturated carbocycles. The fraction of sp³-hybridized carbons (Fsp3) is 0.238. The smallest absolute Gasteiger partial charge is 0.213 e. The number of hydrogen-bond donors (Lipinski definition) is 1. The van der Waals surface area contributed by atoms with Gasteiger partial charge in [-0.1, -0.05) is 55.1 Å². The van der Waals surface area contributed by atoms with Crippen LogP contribution < -0.4 is 5.73 Å². The fourth-order valence-electron chi connectivity index (χ4n) is 3.49. The molecule has 6 nitrogen and oxygen atoms in total.